The van der Waals surface area contributed by atoms with Crippen LogP contribution in [0.1, 0.15) is 32.3 Å². The number of rotatable bonds is 3. The van der Waals surface area contributed by atoms with Crippen molar-refractivity contribution >= 4 is 11.6 Å². The van der Waals surface area contributed by atoms with E-state index in [9.17, 15) is 4.79 Å². The molecule has 2 rings (SSSR count). The summed E-state index contributed by atoms with van der Waals surface area (Å²) in [7, 11) is 0. The van der Waals surface area contributed by atoms with Crippen molar-refractivity contribution in [2.24, 2.45) is 0 Å². The van der Waals surface area contributed by atoms with Crippen LogP contribution in [0.25, 0.3) is 11.3 Å². The molecule has 1 heterocycles. The summed E-state index contributed by atoms with van der Waals surface area (Å²) in [6.07, 6.45) is 1.92. The maximum Gasteiger partial charge on any atom is 0.221 e. The van der Waals surface area contributed by atoms with E-state index in [1.807, 2.05) is 36.5 Å². The molecule has 0 bridgehead atoms. The molecule has 1 N–H and O–H groups in total. The van der Waals surface area contributed by atoms with E-state index in [1.54, 1.807) is 0 Å². The Morgan fingerprint density at radius 2 is 1.79 bits per heavy atom. The summed E-state index contributed by atoms with van der Waals surface area (Å²) >= 11 is 0. The minimum Gasteiger partial charge on any atom is -0.326 e. The van der Waals surface area contributed by atoms with Crippen LogP contribution >= 0.6 is 0 Å². The molecule has 2 aromatic rings. The predicted octanol–water partition coefficient (Wildman–Crippen LogP) is 3.83. The van der Waals surface area contributed by atoms with Gasteiger partial charge in [0.05, 0.1) is 5.69 Å². The molecule has 1 amide bonds. The number of anilines is 1. The van der Waals surface area contributed by atoms with Gasteiger partial charge in [0, 0.05) is 24.4 Å². The average molecular weight is 254 g/mol. The summed E-state index contributed by atoms with van der Waals surface area (Å²) in [5.41, 5.74) is 4.02. The molecule has 3 nitrogen and oxygen atoms in total. The van der Waals surface area contributed by atoms with Crippen molar-refractivity contribution in [3.63, 3.8) is 0 Å². The number of benzene rings is 1. The zero-order valence-electron chi connectivity index (χ0n) is 11.5. The van der Waals surface area contributed by atoms with E-state index in [1.165, 1.54) is 12.5 Å². The third-order valence-electron chi connectivity index (χ3n) is 2.95. The maximum atomic E-state index is 10.9. The van der Waals surface area contributed by atoms with Gasteiger partial charge in [-0.25, -0.2) is 0 Å². The van der Waals surface area contributed by atoms with Gasteiger partial charge in [0.15, 0.2) is 0 Å². The molecule has 19 heavy (non-hydrogen) atoms. The Bertz CT molecular complexity index is 556. The summed E-state index contributed by atoms with van der Waals surface area (Å²) in [4.78, 5) is 15.4. The van der Waals surface area contributed by atoms with Gasteiger partial charge in [-0.1, -0.05) is 32.0 Å². The van der Waals surface area contributed by atoms with Gasteiger partial charge in [-0.15, -0.1) is 0 Å². The summed E-state index contributed by atoms with van der Waals surface area (Å²) in [5.74, 6) is 0.427. The van der Waals surface area contributed by atoms with E-state index in [-0.39, 0.29) is 5.91 Å². The molecule has 0 radical (unpaired) electrons. The van der Waals surface area contributed by atoms with E-state index in [0.29, 0.717) is 5.92 Å². The highest BCUT2D eigenvalue weighted by Gasteiger charge is 2.03. The van der Waals surface area contributed by atoms with Gasteiger partial charge < -0.3 is 5.32 Å². The number of hydrogen-bond donors (Lipinski definition) is 1. The Labute approximate surface area is 113 Å². The molecule has 0 unspecified atom stereocenters. The van der Waals surface area contributed by atoms with Gasteiger partial charge in [0.25, 0.3) is 0 Å². The summed E-state index contributed by atoms with van der Waals surface area (Å²) in [6, 6.07) is 11.8. The lowest BCUT2D eigenvalue weighted by Gasteiger charge is -2.07. The SMILES string of the molecule is CC(=O)Nc1ccc(-c2ccc(C(C)C)cn2)cc1. The molecule has 1 aromatic carbocycles. The number of pyridine rings is 1. The first kappa shape index (κ1) is 13.3. The van der Waals surface area contributed by atoms with Gasteiger partial charge in [-0.2, -0.15) is 0 Å². The number of carbonyl (C=O) groups is 1. The predicted molar refractivity (Wildman–Crippen MR) is 78.1 cm³/mol. The average Bonchev–Trinajstić information content (AvgIpc) is 2.39. The van der Waals surface area contributed by atoms with Gasteiger partial charge >= 0.3 is 0 Å². The van der Waals surface area contributed by atoms with E-state index >= 15 is 0 Å². The van der Waals surface area contributed by atoms with Crippen molar-refractivity contribution in [3.05, 3.63) is 48.2 Å². The minimum absolute atomic E-state index is 0.0628. The molecular formula is C16H18N2O. The summed E-state index contributed by atoms with van der Waals surface area (Å²) in [5, 5.41) is 2.75. The molecule has 98 valence electrons. The molecule has 0 saturated heterocycles. The van der Waals surface area contributed by atoms with E-state index < -0.39 is 0 Å². The van der Waals surface area contributed by atoms with Crippen molar-refractivity contribution in [3.8, 4) is 11.3 Å². The Morgan fingerprint density at radius 1 is 1.11 bits per heavy atom. The lowest BCUT2D eigenvalue weighted by atomic mass is 10.0. The minimum atomic E-state index is -0.0628. The largest absolute Gasteiger partial charge is 0.326 e. The molecule has 0 fully saturated rings. The molecule has 0 atom stereocenters. The van der Waals surface area contributed by atoms with Crippen LogP contribution in [-0.4, -0.2) is 10.9 Å². The Kier molecular flexibility index (Phi) is 3.95. The third-order valence-corrected chi connectivity index (χ3v) is 2.95. The fourth-order valence-corrected chi connectivity index (χ4v) is 1.85. The summed E-state index contributed by atoms with van der Waals surface area (Å²) < 4.78 is 0. The molecule has 0 saturated carbocycles. The van der Waals surface area contributed by atoms with Crippen molar-refractivity contribution in [1.29, 1.82) is 0 Å². The maximum absolute atomic E-state index is 10.9. The van der Waals surface area contributed by atoms with Crippen molar-refractivity contribution in [2.45, 2.75) is 26.7 Å². The Hall–Kier alpha value is -2.16. The molecular weight excluding hydrogens is 236 g/mol. The standard InChI is InChI=1S/C16H18N2O/c1-11(2)14-6-9-16(17-10-14)13-4-7-15(8-5-13)18-12(3)19/h4-11H,1-3H3,(H,18,19). The van der Waals surface area contributed by atoms with Crippen LogP contribution in [0.15, 0.2) is 42.6 Å². The number of amides is 1. The van der Waals surface area contributed by atoms with Crippen molar-refractivity contribution < 1.29 is 4.79 Å². The Morgan fingerprint density at radius 3 is 2.26 bits per heavy atom. The highest BCUT2D eigenvalue weighted by atomic mass is 16.1. The monoisotopic (exact) mass is 254 g/mol. The van der Waals surface area contributed by atoms with Crippen LogP contribution in [-0.2, 0) is 4.79 Å². The zero-order chi connectivity index (χ0) is 13.8. The molecule has 0 aliphatic rings. The smallest absolute Gasteiger partial charge is 0.221 e. The first-order valence-corrected chi connectivity index (χ1v) is 6.40. The van der Waals surface area contributed by atoms with Crippen LogP contribution in [0.4, 0.5) is 5.69 Å². The van der Waals surface area contributed by atoms with E-state index in [4.69, 9.17) is 0 Å². The quantitative estimate of drug-likeness (QED) is 0.904. The second kappa shape index (κ2) is 5.65. The van der Waals surface area contributed by atoms with Crippen LogP contribution in [0.5, 0.6) is 0 Å². The van der Waals surface area contributed by atoms with Crippen LogP contribution < -0.4 is 5.32 Å². The fourth-order valence-electron chi connectivity index (χ4n) is 1.85. The molecule has 0 aliphatic heterocycles. The number of aromatic nitrogens is 1. The summed E-state index contributed by atoms with van der Waals surface area (Å²) in [6.45, 7) is 5.80. The van der Waals surface area contributed by atoms with E-state index in [2.05, 4.69) is 30.2 Å². The number of nitrogens with zero attached hydrogens (tertiary/aromatic N) is 1. The third kappa shape index (κ3) is 3.41. The van der Waals surface area contributed by atoms with E-state index in [0.717, 1.165) is 16.9 Å². The zero-order valence-corrected chi connectivity index (χ0v) is 11.5. The second-order valence-corrected chi connectivity index (χ2v) is 4.89. The second-order valence-electron chi connectivity index (χ2n) is 4.89. The van der Waals surface area contributed by atoms with Crippen molar-refractivity contribution in [1.82, 2.24) is 4.98 Å². The normalized spacial score (nSPS) is 10.5. The van der Waals surface area contributed by atoms with Crippen LogP contribution in [0.2, 0.25) is 0 Å². The molecule has 1 aromatic heterocycles. The van der Waals surface area contributed by atoms with Gasteiger partial charge in [0.1, 0.15) is 0 Å². The first-order chi connectivity index (χ1) is 9.06. The van der Waals surface area contributed by atoms with Gasteiger partial charge in [-0.3, -0.25) is 9.78 Å². The number of nitrogens with one attached hydrogen (secondary N) is 1. The van der Waals surface area contributed by atoms with Gasteiger partial charge in [-0.05, 0) is 29.7 Å². The lowest BCUT2D eigenvalue weighted by Crippen LogP contribution is -2.05. The van der Waals surface area contributed by atoms with Crippen LogP contribution in [0, 0.1) is 0 Å². The molecule has 0 aliphatic carbocycles. The fraction of sp³-hybridized carbons (Fsp3) is 0.250. The lowest BCUT2D eigenvalue weighted by molar-refractivity contribution is -0.114. The van der Waals surface area contributed by atoms with Crippen LogP contribution in [0.3, 0.4) is 0 Å². The highest BCUT2D eigenvalue weighted by Crippen LogP contribution is 2.21. The first-order valence-electron chi connectivity index (χ1n) is 6.40. The topological polar surface area (TPSA) is 42.0 Å². The molecule has 3 heteroatoms. The van der Waals surface area contributed by atoms with Crippen molar-refractivity contribution in [2.75, 3.05) is 5.32 Å². The molecule has 0 spiro atoms. The van der Waals surface area contributed by atoms with Gasteiger partial charge in [0.2, 0.25) is 5.91 Å². The highest BCUT2D eigenvalue weighted by molar-refractivity contribution is 5.88. The number of carbonyl (C=O) groups excluding carboxylic acids is 1. The Balaban J connectivity index is 2.19. The number of hydrogen-bond acceptors (Lipinski definition) is 2.